The van der Waals surface area contributed by atoms with Crippen molar-refractivity contribution in [2.45, 2.75) is 32.7 Å². The number of hydrogen-bond acceptors (Lipinski definition) is 8. The molecule has 0 saturated carbocycles. The van der Waals surface area contributed by atoms with E-state index in [1.54, 1.807) is 24.4 Å². The fourth-order valence-electron chi connectivity index (χ4n) is 2.37. The van der Waals surface area contributed by atoms with Crippen molar-refractivity contribution < 1.29 is 19.1 Å². The molecule has 0 saturated heterocycles. The molecular weight excluding hydrogens is 374 g/mol. The predicted octanol–water partition coefficient (Wildman–Crippen LogP) is 0.979. The summed E-state index contributed by atoms with van der Waals surface area (Å²) < 4.78 is 5.91. The second-order valence-corrected chi connectivity index (χ2v) is 6.60. The van der Waals surface area contributed by atoms with Crippen LogP contribution in [-0.2, 0) is 16.1 Å². The highest BCUT2D eigenvalue weighted by molar-refractivity contribution is 7.12. The van der Waals surface area contributed by atoms with Crippen molar-refractivity contribution in [1.82, 2.24) is 9.55 Å². The molecule has 10 heteroatoms. The average molecular weight is 393 g/mol. The number of nitrogens with zero attached hydrogens (tertiary/aromatic N) is 1. The number of carbonyl (C=O) groups is 3. The van der Waals surface area contributed by atoms with Crippen LogP contribution in [0.3, 0.4) is 0 Å². The van der Waals surface area contributed by atoms with E-state index in [9.17, 15) is 24.0 Å². The Labute approximate surface area is 157 Å². The lowest BCUT2D eigenvalue weighted by molar-refractivity contribution is -0.142. The molecule has 0 unspecified atom stereocenters. The monoisotopic (exact) mass is 393 g/mol. The van der Waals surface area contributed by atoms with E-state index in [2.05, 4.69) is 0 Å². The van der Waals surface area contributed by atoms with Crippen LogP contribution in [0.5, 0.6) is 0 Å². The first-order valence-electron chi connectivity index (χ1n) is 8.23. The maximum absolute atomic E-state index is 12.2. The molecule has 0 aromatic carbocycles. The number of hydrogen-bond donors (Lipinski definition) is 2. The van der Waals surface area contributed by atoms with E-state index < -0.39 is 35.2 Å². The average Bonchev–Trinajstić information content (AvgIpc) is 3.16. The lowest BCUT2D eigenvalue weighted by Crippen LogP contribution is -2.37. The van der Waals surface area contributed by atoms with Gasteiger partial charge in [0, 0.05) is 13.0 Å². The van der Waals surface area contributed by atoms with Crippen molar-refractivity contribution in [3.05, 3.63) is 48.8 Å². The molecule has 0 spiro atoms. The number of H-pyrrole nitrogens is 1. The Morgan fingerprint density at radius 2 is 1.96 bits per heavy atom. The van der Waals surface area contributed by atoms with E-state index in [1.807, 2.05) is 4.98 Å². The molecule has 0 amide bonds. The van der Waals surface area contributed by atoms with Crippen LogP contribution in [0.2, 0.25) is 0 Å². The van der Waals surface area contributed by atoms with Crippen LogP contribution in [0.1, 0.15) is 46.2 Å². The first-order chi connectivity index (χ1) is 12.8. The third-order valence-electron chi connectivity index (χ3n) is 3.68. The van der Waals surface area contributed by atoms with Crippen molar-refractivity contribution >= 4 is 34.7 Å². The van der Waals surface area contributed by atoms with Gasteiger partial charge in [-0.1, -0.05) is 13.0 Å². The van der Waals surface area contributed by atoms with Crippen LogP contribution in [0.15, 0.2) is 27.1 Å². The molecule has 27 heavy (non-hydrogen) atoms. The maximum Gasteiger partial charge on any atom is 0.329 e. The quantitative estimate of drug-likeness (QED) is 0.478. The number of nitrogen functional groups attached to an aromatic ring is 1. The Hall–Kier alpha value is -3.01. The highest BCUT2D eigenvalue weighted by atomic mass is 32.1. The standard InChI is InChI=1S/C17H19N3O6S/c1-2-7-20-15(18)14(16(24)19-17(20)25)11(22)9-26-13(23)6-5-10(21)12-4-3-8-27-12/h3-4,8H,2,5-7,9,18H2,1H3,(H,19,24,25). The zero-order chi connectivity index (χ0) is 20.0. The van der Waals surface area contributed by atoms with Gasteiger partial charge in [0.2, 0.25) is 5.78 Å². The molecule has 2 rings (SSSR count). The molecule has 0 fully saturated rings. The topological polar surface area (TPSA) is 141 Å². The molecule has 0 atom stereocenters. The molecule has 2 heterocycles. The molecule has 2 aromatic rings. The Kier molecular flexibility index (Phi) is 6.83. The Morgan fingerprint density at radius 3 is 2.59 bits per heavy atom. The summed E-state index contributed by atoms with van der Waals surface area (Å²) >= 11 is 1.27. The van der Waals surface area contributed by atoms with Crippen molar-refractivity contribution in [1.29, 1.82) is 0 Å². The maximum atomic E-state index is 12.2. The van der Waals surface area contributed by atoms with E-state index in [4.69, 9.17) is 10.5 Å². The zero-order valence-corrected chi connectivity index (χ0v) is 15.5. The highest BCUT2D eigenvalue weighted by Gasteiger charge is 2.20. The molecular formula is C17H19N3O6S. The first kappa shape index (κ1) is 20.3. The summed E-state index contributed by atoms with van der Waals surface area (Å²) in [4.78, 5) is 62.0. The van der Waals surface area contributed by atoms with Gasteiger partial charge in [-0.15, -0.1) is 11.3 Å². The smallest absolute Gasteiger partial charge is 0.329 e. The summed E-state index contributed by atoms with van der Waals surface area (Å²) in [7, 11) is 0. The number of thiophene rings is 1. The lowest BCUT2D eigenvalue weighted by Gasteiger charge is -2.11. The summed E-state index contributed by atoms with van der Waals surface area (Å²) in [5.41, 5.74) is 3.70. The lowest BCUT2D eigenvalue weighted by atomic mass is 10.2. The van der Waals surface area contributed by atoms with E-state index in [0.717, 1.165) is 4.57 Å². The number of Topliss-reactive ketones (excluding diaryl/α,β-unsaturated/α-hetero) is 2. The summed E-state index contributed by atoms with van der Waals surface area (Å²) in [6.07, 6.45) is 0.333. The Morgan fingerprint density at radius 1 is 1.22 bits per heavy atom. The minimum Gasteiger partial charge on any atom is -0.457 e. The molecule has 0 aliphatic rings. The fraction of sp³-hybridized carbons (Fsp3) is 0.353. The van der Waals surface area contributed by atoms with Crippen molar-refractivity contribution in [3.63, 3.8) is 0 Å². The minimum atomic E-state index is -0.932. The fourth-order valence-corrected chi connectivity index (χ4v) is 3.06. The summed E-state index contributed by atoms with van der Waals surface area (Å²) in [6, 6.07) is 3.39. The number of nitrogens with one attached hydrogen (secondary N) is 1. The molecule has 3 N–H and O–H groups in total. The van der Waals surface area contributed by atoms with Gasteiger partial charge in [0.1, 0.15) is 11.4 Å². The number of esters is 1. The molecule has 0 bridgehead atoms. The van der Waals surface area contributed by atoms with Gasteiger partial charge in [-0.3, -0.25) is 28.7 Å². The number of ether oxygens (including phenoxy) is 1. The number of aromatic amines is 1. The Bertz CT molecular complexity index is 958. The second kappa shape index (κ2) is 9.08. The highest BCUT2D eigenvalue weighted by Crippen LogP contribution is 2.13. The van der Waals surface area contributed by atoms with Crippen LogP contribution in [0.4, 0.5) is 5.82 Å². The normalized spacial score (nSPS) is 10.6. The summed E-state index contributed by atoms with van der Waals surface area (Å²) in [5, 5.41) is 1.75. The van der Waals surface area contributed by atoms with Crippen LogP contribution in [0.25, 0.3) is 0 Å². The SMILES string of the molecule is CCCn1c(N)c(C(=O)COC(=O)CCC(=O)c2cccs2)c(=O)[nH]c1=O. The number of rotatable bonds is 9. The van der Waals surface area contributed by atoms with Crippen LogP contribution in [0, 0.1) is 0 Å². The second-order valence-electron chi connectivity index (χ2n) is 5.66. The van der Waals surface area contributed by atoms with Gasteiger partial charge in [-0.2, -0.15) is 0 Å². The van der Waals surface area contributed by atoms with Gasteiger partial charge in [-0.05, 0) is 17.9 Å². The minimum absolute atomic E-state index is 0.0440. The van der Waals surface area contributed by atoms with Crippen molar-refractivity contribution in [3.8, 4) is 0 Å². The Balaban J connectivity index is 1.98. The third kappa shape index (κ3) is 5.00. The van der Waals surface area contributed by atoms with E-state index in [0.29, 0.717) is 11.3 Å². The van der Waals surface area contributed by atoms with Crippen molar-refractivity contribution in [2.24, 2.45) is 0 Å². The molecule has 0 radical (unpaired) electrons. The van der Waals surface area contributed by atoms with Gasteiger partial charge in [0.15, 0.2) is 12.4 Å². The van der Waals surface area contributed by atoms with Gasteiger partial charge in [0.25, 0.3) is 5.56 Å². The van der Waals surface area contributed by atoms with Crippen LogP contribution >= 0.6 is 11.3 Å². The third-order valence-corrected chi connectivity index (χ3v) is 4.59. The molecule has 0 aliphatic heterocycles. The van der Waals surface area contributed by atoms with Crippen LogP contribution < -0.4 is 17.0 Å². The summed E-state index contributed by atoms with van der Waals surface area (Å²) in [6.45, 7) is 1.33. The predicted molar refractivity (Wildman–Crippen MR) is 99.2 cm³/mol. The number of aromatic nitrogens is 2. The van der Waals surface area contributed by atoms with Gasteiger partial charge in [-0.25, -0.2) is 4.79 Å². The molecule has 0 aliphatic carbocycles. The number of carbonyl (C=O) groups excluding carboxylic acids is 3. The zero-order valence-electron chi connectivity index (χ0n) is 14.6. The van der Waals surface area contributed by atoms with Gasteiger partial charge in [0.05, 0.1) is 11.3 Å². The van der Waals surface area contributed by atoms with E-state index >= 15 is 0 Å². The molecule has 144 valence electrons. The van der Waals surface area contributed by atoms with Crippen molar-refractivity contribution in [2.75, 3.05) is 12.3 Å². The number of nitrogens with two attached hydrogens (primary N) is 1. The van der Waals surface area contributed by atoms with Gasteiger partial charge < -0.3 is 10.5 Å². The summed E-state index contributed by atoms with van der Waals surface area (Å²) in [5.74, 6) is -2.03. The first-order valence-corrected chi connectivity index (χ1v) is 9.11. The van der Waals surface area contributed by atoms with Gasteiger partial charge >= 0.3 is 11.7 Å². The molecule has 9 nitrogen and oxygen atoms in total. The van der Waals surface area contributed by atoms with E-state index in [-0.39, 0.29) is 31.0 Å². The van der Waals surface area contributed by atoms with E-state index in [1.165, 1.54) is 11.3 Å². The number of anilines is 1. The largest absolute Gasteiger partial charge is 0.457 e. The molecule has 2 aromatic heterocycles. The van der Waals surface area contributed by atoms with Crippen LogP contribution in [-0.4, -0.2) is 33.7 Å². The number of ketones is 2.